The maximum absolute atomic E-state index is 10.8. The van der Waals surface area contributed by atoms with Crippen molar-refractivity contribution in [3.05, 3.63) is 33.9 Å². The molecule has 0 aliphatic rings. The van der Waals surface area contributed by atoms with Crippen LogP contribution < -0.4 is 10.1 Å². The average molecular weight is 270 g/mol. The van der Waals surface area contributed by atoms with Crippen molar-refractivity contribution >= 4 is 5.69 Å². The van der Waals surface area contributed by atoms with Crippen molar-refractivity contribution in [2.75, 3.05) is 20.3 Å². The molecular weight excluding hydrogens is 252 g/mol. The Labute approximate surface area is 111 Å². The second-order valence-electron chi connectivity index (χ2n) is 4.52. The number of hydrogen-bond donors (Lipinski definition) is 3. The molecule has 0 saturated heterocycles. The number of rotatable bonds is 7. The van der Waals surface area contributed by atoms with Gasteiger partial charge in [-0.15, -0.1) is 0 Å². The summed E-state index contributed by atoms with van der Waals surface area (Å²) in [7, 11) is 1.37. The molecule has 0 aliphatic heterocycles. The van der Waals surface area contributed by atoms with Gasteiger partial charge in [0.1, 0.15) is 0 Å². The first-order valence-electron chi connectivity index (χ1n) is 5.75. The van der Waals surface area contributed by atoms with Crippen LogP contribution in [-0.2, 0) is 6.54 Å². The monoisotopic (exact) mass is 270 g/mol. The van der Waals surface area contributed by atoms with Crippen LogP contribution in [0.3, 0.4) is 0 Å². The molecule has 0 spiro atoms. The Morgan fingerprint density at radius 2 is 2.21 bits per heavy atom. The molecule has 1 aromatic carbocycles. The quantitative estimate of drug-likeness (QED) is 0.490. The Morgan fingerprint density at radius 3 is 2.74 bits per heavy atom. The highest BCUT2D eigenvalue weighted by Gasteiger charge is 2.19. The first kappa shape index (κ1) is 15.4. The smallest absolute Gasteiger partial charge is 0.311 e. The second-order valence-corrected chi connectivity index (χ2v) is 4.52. The van der Waals surface area contributed by atoms with Gasteiger partial charge >= 0.3 is 5.69 Å². The van der Waals surface area contributed by atoms with Gasteiger partial charge in [0.25, 0.3) is 0 Å². The van der Waals surface area contributed by atoms with Gasteiger partial charge in [-0.05, 0) is 18.6 Å². The van der Waals surface area contributed by atoms with E-state index in [4.69, 9.17) is 9.84 Å². The molecule has 3 N–H and O–H groups in total. The van der Waals surface area contributed by atoms with Crippen molar-refractivity contribution in [2.45, 2.75) is 19.1 Å². The van der Waals surface area contributed by atoms with Gasteiger partial charge in [0, 0.05) is 19.2 Å². The molecule has 7 nitrogen and oxygen atoms in total. The molecule has 106 valence electrons. The van der Waals surface area contributed by atoms with Gasteiger partial charge in [0.05, 0.1) is 24.2 Å². The number of methoxy groups -OCH3 is 1. The zero-order valence-electron chi connectivity index (χ0n) is 10.9. The lowest BCUT2D eigenvalue weighted by Crippen LogP contribution is -2.40. The lowest BCUT2D eigenvalue weighted by Gasteiger charge is -2.20. The van der Waals surface area contributed by atoms with E-state index in [-0.39, 0.29) is 24.6 Å². The maximum atomic E-state index is 10.8. The van der Waals surface area contributed by atoms with Gasteiger partial charge in [-0.25, -0.2) is 0 Å². The number of hydrogen-bond acceptors (Lipinski definition) is 6. The number of benzene rings is 1. The third-order valence-corrected chi connectivity index (χ3v) is 2.62. The van der Waals surface area contributed by atoms with Crippen LogP contribution in [0.25, 0.3) is 0 Å². The van der Waals surface area contributed by atoms with E-state index in [0.717, 1.165) is 0 Å². The summed E-state index contributed by atoms with van der Waals surface area (Å²) < 4.78 is 4.90. The third-order valence-electron chi connectivity index (χ3n) is 2.62. The van der Waals surface area contributed by atoms with Crippen molar-refractivity contribution in [1.82, 2.24) is 5.32 Å². The largest absolute Gasteiger partial charge is 0.490 e. The van der Waals surface area contributed by atoms with Crippen LogP contribution in [0.1, 0.15) is 12.5 Å². The third kappa shape index (κ3) is 4.47. The predicted molar refractivity (Wildman–Crippen MR) is 69.1 cm³/mol. The molecular formula is C12H18N2O5. The molecule has 0 aromatic heterocycles. The van der Waals surface area contributed by atoms with Crippen LogP contribution in [-0.4, -0.2) is 41.0 Å². The Bertz CT molecular complexity index is 448. The summed E-state index contributed by atoms with van der Waals surface area (Å²) in [4.78, 5) is 10.3. The van der Waals surface area contributed by atoms with E-state index in [1.54, 1.807) is 6.07 Å². The molecule has 0 radical (unpaired) electrons. The molecule has 0 saturated carbocycles. The number of nitrogens with zero attached hydrogens (tertiary/aromatic N) is 1. The van der Waals surface area contributed by atoms with E-state index >= 15 is 0 Å². The number of nitrogens with one attached hydrogen (secondary N) is 1. The molecule has 0 aliphatic carbocycles. The summed E-state index contributed by atoms with van der Waals surface area (Å²) in [5, 5.41) is 32.2. The fourth-order valence-electron chi connectivity index (χ4n) is 1.52. The van der Waals surface area contributed by atoms with Crippen molar-refractivity contribution in [3.63, 3.8) is 0 Å². The lowest BCUT2D eigenvalue weighted by molar-refractivity contribution is -0.385. The van der Waals surface area contributed by atoms with Crippen molar-refractivity contribution < 1.29 is 19.9 Å². The SMILES string of the molecule is COc1ccc(CNCC(C)(O)CO)cc1[N+](=O)[O-]. The molecule has 1 rings (SSSR count). The molecule has 0 heterocycles. The molecule has 19 heavy (non-hydrogen) atoms. The summed E-state index contributed by atoms with van der Waals surface area (Å²) in [5.74, 6) is 0.205. The van der Waals surface area contributed by atoms with Crippen molar-refractivity contribution in [1.29, 1.82) is 0 Å². The summed E-state index contributed by atoms with van der Waals surface area (Å²) >= 11 is 0. The number of ether oxygens (including phenoxy) is 1. The predicted octanol–water partition coefficient (Wildman–Crippen LogP) is 0.436. The Balaban J connectivity index is 2.70. The Hall–Kier alpha value is -1.70. The molecule has 1 unspecified atom stereocenters. The van der Waals surface area contributed by atoms with Crippen molar-refractivity contribution in [2.24, 2.45) is 0 Å². The fraction of sp³-hybridized carbons (Fsp3) is 0.500. The second kappa shape index (κ2) is 6.46. The molecule has 0 bridgehead atoms. The number of nitro benzene ring substituents is 1. The normalized spacial score (nSPS) is 13.9. The van der Waals surface area contributed by atoms with E-state index in [0.29, 0.717) is 12.1 Å². The highest BCUT2D eigenvalue weighted by Crippen LogP contribution is 2.27. The van der Waals surface area contributed by atoms with Crippen LogP contribution in [0, 0.1) is 10.1 Å². The van der Waals surface area contributed by atoms with Gasteiger partial charge in [0.2, 0.25) is 0 Å². The van der Waals surface area contributed by atoms with Gasteiger partial charge in [0.15, 0.2) is 5.75 Å². The minimum absolute atomic E-state index is 0.101. The van der Waals surface area contributed by atoms with Crippen LogP contribution in [0.4, 0.5) is 5.69 Å². The minimum Gasteiger partial charge on any atom is -0.490 e. The van der Waals surface area contributed by atoms with Gasteiger partial charge in [-0.3, -0.25) is 10.1 Å². The molecule has 1 atom stereocenters. The first-order valence-corrected chi connectivity index (χ1v) is 5.75. The topological polar surface area (TPSA) is 105 Å². The van der Waals surface area contributed by atoms with E-state index < -0.39 is 10.5 Å². The van der Waals surface area contributed by atoms with Crippen LogP contribution in [0.5, 0.6) is 5.75 Å². The number of nitro groups is 1. The lowest BCUT2D eigenvalue weighted by atomic mass is 10.1. The maximum Gasteiger partial charge on any atom is 0.311 e. The molecule has 0 fully saturated rings. The minimum atomic E-state index is -1.21. The highest BCUT2D eigenvalue weighted by atomic mass is 16.6. The summed E-state index contributed by atoms with van der Waals surface area (Å²) in [6, 6.07) is 4.64. The van der Waals surface area contributed by atoms with E-state index in [9.17, 15) is 15.2 Å². The summed E-state index contributed by atoms with van der Waals surface area (Å²) in [6.45, 7) is 1.67. The van der Waals surface area contributed by atoms with Crippen LogP contribution in [0.15, 0.2) is 18.2 Å². The van der Waals surface area contributed by atoms with Gasteiger partial charge in [-0.1, -0.05) is 6.07 Å². The Kier molecular flexibility index (Phi) is 5.22. The summed E-state index contributed by atoms with van der Waals surface area (Å²) in [5.41, 5.74) is -0.616. The van der Waals surface area contributed by atoms with Crippen LogP contribution >= 0.6 is 0 Å². The molecule has 1 aromatic rings. The molecule has 0 amide bonds. The zero-order valence-corrected chi connectivity index (χ0v) is 10.9. The van der Waals surface area contributed by atoms with Crippen LogP contribution in [0.2, 0.25) is 0 Å². The van der Waals surface area contributed by atoms with Gasteiger partial charge in [-0.2, -0.15) is 0 Å². The van der Waals surface area contributed by atoms with E-state index in [2.05, 4.69) is 5.32 Å². The van der Waals surface area contributed by atoms with Gasteiger partial charge < -0.3 is 20.3 Å². The van der Waals surface area contributed by atoms with E-state index in [1.165, 1.54) is 26.2 Å². The summed E-state index contributed by atoms with van der Waals surface area (Å²) in [6.07, 6.45) is 0. The zero-order chi connectivity index (χ0) is 14.5. The number of aliphatic hydroxyl groups is 2. The first-order chi connectivity index (χ1) is 8.89. The average Bonchev–Trinajstić information content (AvgIpc) is 2.38. The molecule has 7 heteroatoms. The number of aliphatic hydroxyl groups excluding tert-OH is 1. The van der Waals surface area contributed by atoms with Crippen molar-refractivity contribution in [3.8, 4) is 5.75 Å². The highest BCUT2D eigenvalue weighted by molar-refractivity contribution is 5.48. The fourth-order valence-corrected chi connectivity index (χ4v) is 1.52. The Morgan fingerprint density at radius 1 is 1.53 bits per heavy atom. The van der Waals surface area contributed by atoms with E-state index in [1.807, 2.05) is 0 Å². The standard InChI is InChI=1S/C12H18N2O5/c1-12(16,8-15)7-13-6-9-3-4-11(19-2)10(5-9)14(17)18/h3-5,13,15-16H,6-8H2,1-2H3.